The van der Waals surface area contributed by atoms with E-state index in [4.69, 9.17) is 0 Å². The average molecular weight is 561 g/mol. The van der Waals surface area contributed by atoms with Gasteiger partial charge in [-0.3, -0.25) is 33.6 Å². The summed E-state index contributed by atoms with van der Waals surface area (Å²) in [5.74, 6) is -2.87. The van der Waals surface area contributed by atoms with Crippen molar-refractivity contribution in [1.82, 2.24) is 20.5 Å². The molecule has 0 bridgehead atoms. The van der Waals surface area contributed by atoms with E-state index in [2.05, 4.69) is 15.6 Å². The zero-order chi connectivity index (χ0) is 24.9. The number of hydrogen-bond donors (Lipinski definition) is 3. The highest BCUT2D eigenvalue weighted by atomic mass is 79.9. The molecule has 1 aromatic heterocycles. The van der Waals surface area contributed by atoms with Crippen LogP contribution < -0.4 is 10.6 Å². The van der Waals surface area contributed by atoms with Gasteiger partial charge in [-0.1, -0.05) is 27.7 Å². The van der Waals surface area contributed by atoms with Crippen LogP contribution in [0, 0.1) is 17.8 Å². The minimum Gasteiger partial charge on any atom is -0.357 e. The van der Waals surface area contributed by atoms with E-state index in [1.54, 1.807) is 0 Å². The van der Waals surface area contributed by atoms with E-state index < -0.39 is 49.5 Å². The number of carbonyl (C=O) groups excluding carboxylic acids is 4. The number of hydrogen-bond acceptors (Lipinski definition) is 6. The van der Waals surface area contributed by atoms with Gasteiger partial charge in [-0.05, 0) is 30.7 Å². The minimum atomic E-state index is -4.11. The van der Waals surface area contributed by atoms with Gasteiger partial charge in [-0.15, -0.1) is 17.0 Å². The summed E-state index contributed by atoms with van der Waals surface area (Å²) in [5, 5.41) is 5.24. The number of halogens is 1. The molecule has 0 radical (unpaired) electrons. The number of rotatable bonds is 11. The number of pyridine rings is 1. The summed E-state index contributed by atoms with van der Waals surface area (Å²) in [6.45, 7) is 7.61. The lowest BCUT2D eigenvalue weighted by Crippen LogP contribution is -2.49. The Labute approximate surface area is 210 Å². The number of fused-ring (bicyclic) bond motifs is 1. The van der Waals surface area contributed by atoms with Crippen LogP contribution in [0.2, 0.25) is 0 Å². The van der Waals surface area contributed by atoms with Gasteiger partial charge in [0.2, 0.25) is 19.2 Å². The van der Waals surface area contributed by atoms with Gasteiger partial charge in [0.15, 0.2) is 0 Å². The maximum atomic E-state index is 13.1. The van der Waals surface area contributed by atoms with E-state index in [1.165, 1.54) is 25.5 Å². The highest BCUT2D eigenvalue weighted by molar-refractivity contribution is 8.93. The largest absolute Gasteiger partial charge is 0.357 e. The summed E-state index contributed by atoms with van der Waals surface area (Å²) in [6.07, 6.45) is 2.25. The van der Waals surface area contributed by atoms with E-state index in [0.717, 1.165) is 4.90 Å². The average Bonchev–Trinajstić information content (AvgIpc) is 2.96. The van der Waals surface area contributed by atoms with Crippen molar-refractivity contribution in [3.8, 4) is 0 Å². The summed E-state index contributed by atoms with van der Waals surface area (Å²) >= 11 is 0. The van der Waals surface area contributed by atoms with Gasteiger partial charge in [-0.25, -0.2) is 0 Å². The predicted octanol–water partition coefficient (Wildman–Crippen LogP) is 2.42. The SMILES string of the molecule is Br.CNC(=O)[C@H](CC(C)C)NC(=O)[C@H](CC(C)C)CP(=O)(O)CN1C(=O)c2ccncc2C1=O. The fraction of sp³-hybridized carbons (Fsp3) is 0.591. The van der Waals surface area contributed by atoms with Crippen molar-refractivity contribution in [3.05, 3.63) is 29.6 Å². The molecule has 1 aromatic rings. The first-order valence-corrected chi connectivity index (χ1v) is 13.0. The molecule has 1 aliphatic rings. The van der Waals surface area contributed by atoms with Crippen molar-refractivity contribution in [2.75, 3.05) is 19.5 Å². The Hall–Kier alpha value is -2.10. The molecule has 0 spiro atoms. The molecule has 190 valence electrons. The van der Waals surface area contributed by atoms with Crippen LogP contribution in [0.5, 0.6) is 0 Å². The number of likely N-dealkylation sites (N-methyl/N-ethyl adjacent to an activating group) is 1. The van der Waals surface area contributed by atoms with Crippen molar-refractivity contribution < 1.29 is 28.6 Å². The summed E-state index contributed by atoms with van der Waals surface area (Å²) in [4.78, 5) is 65.6. The number of carbonyl (C=O) groups is 4. The molecule has 3 atom stereocenters. The molecule has 0 saturated carbocycles. The zero-order valence-corrected chi connectivity index (χ0v) is 22.7. The van der Waals surface area contributed by atoms with Gasteiger partial charge in [0.25, 0.3) is 11.8 Å². The second kappa shape index (κ2) is 12.6. The molecule has 0 saturated heterocycles. The third kappa shape index (κ3) is 7.71. The fourth-order valence-corrected chi connectivity index (χ4v) is 5.70. The topological polar surface area (TPSA) is 146 Å². The lowest BCUT2D eigenvalue weighted by atomic mass is 9.96. The maximum Gasteiger partial charge on any atom is 0.263 e. The number of nitrogens with zero attached hydrogens (tertiary/aromatic N) is 2. The van der Waals surface area contributed by atoms with Crippen molar-refractivity contribution in [3.63, 3.8) is 0 Å². The van der Waals surface area contributed by atoms with Crippen LogP contribution >= 0.6 is 24.4 Å². The van der Waals surface area contributed by atoms with Gasteiger partial charge in [-0.2, -0.15) is 0 Å². The Balaban J connectivity index is 0.00000578. The minimum absolute atomic E-state index is 0. The van der Waals surface area contributed by atoms with E-state index in [0.29, 0.717) is 12.8 Å². The molecule has 4 amide bonds. The smallest absolute Gasteiger partial charge is 0.263 e. The highest BCUT2D eigenvalue weighted by Crippen LogP contribution is 2.45. The lowest BCUT2D eigenvalue weighted by Gasteiger charge is -2.26. The van der Waals surface area contributed by atoms with Gasteiger partial charge >= 0.3 is 0 Å². The monoisotopic (exact) mass is 560 g/mol. The summed E-state index contributed by atoms with van der Waals surface area (Å²) in [7, 11) is -2.63. The second-order valence-electron chi connectivity index (χ2n) is 9.26. The molecular formula is C22H34BrN4O6P. The fourth-order valence-electron chi connectivity index (χ4n) is 3.89. The van der Waals surface area contributed by atoms with Crippen molar-refractivity contribution in [2.45, 2.75) is 46.6 Å². The maximum absolute atomic E-state index is 13.1. The normalized spacial score (nSPS) is 16.5. The summed E-state index contributed by atoms with van der Waals surface area (Å²) < 4.78 is 13.1. The van der Waals surface area contributed by atoms with Gasteiger partial charge < -0.3 is 15.5 Å². The van der Waals surface area contributed by atoms with E-state index in [-0.39, 0.29) is 45.9 Å². The molecule has 10 nitrogen and oxygen atoms in total. The standard InChI is InChI=1S/C22H33N4O6P.BrH/c1-13(2)8-15(19(27)25-18(9-14(3)4)20(28)23-5)11-33(31,32)12-26-21(29)16-6-7-24-10-17(16)22(26)30;/h6-7,10,13-15,18H,8-9,11-12H2,1-5H3,(H,23,28)(H,25,27)(H,31,32);1H/t15-,18+;/m1./s1. The van der Waals surface area contributed by atoms with Crippen molar-refractivity contribution in [2.24, 2.45) is 17.8 Å². The summed E-state index contributed by atoms with van der Waals surface area (Å²) in [5.41, 5.74) is 0.217. The molecule has 12 heteroatoms. The quantitative estimate of drug-likeness (QED) is 0.278. The highest BCUT2D eigenvalue weighted by Gasteiger charge is 2.41. The van der Waals surface area contributed by atoms with E-state index in [9.17, 15) is 28.6 Å². The van der Waals surface area contributed by atoms with Crippen molar-refractivity contribution in [1.29, 1.82) is 0 Å². The Morgan fingerprint density at radius 2 is 1.65 bits per heavy atom. The predicted molar refractivity (Wildman–Crippen MR) is 133 cm³/mol. The third-order valence-electron chi connectivity index (χ3n) is 5.35. The van der Waals surface area contributed by atoms with E-state index >= 15 is 0 Å². The van der Waals surface area contributed by atoms with E-state index in [1.807, 2.05) is 27.7 Å². The molecular weight excluding hydrogens is 527 g/mol. The molecule has 0 aromatic carbocycles. The number of amides is 4. The molecule has 2 rings (SSSR count). The molecule has 1 aliphatic heterocycles. The van der Waals surface area contributed by atoms with Crippen LogP contribution in [0.25, 0.3) is 0 Å². The number of aromatic nitrogens is 1. The third-order valence-corrected chi connectivity index (χ3v) is 7.09. The van der Waals surface area contributed by atoms with Crippen LogP contribution in [-0.4, -0.2) is 63.9 Å². The first-order chi connectivity index (χ1) is 15.4. The molecule has 3 N–H and O–H groups in total. The molecule has 34 heavy (non-hydrogen) atoms. The summed E-state index contributed by atoms with van der Waals surface area (Å²) in [6, 6.07) is 0.625. The number of nitrogens with one attached hydrogen (secondary N) is 2. The second-order valence-corrected chi connectivity index (χ2v) is 11.6. The Bertz CT molecular complexity index is 935. The van der Waals surface area contributed by atoms with Crippen LogP contribution in [0.1, 0.15) is 61.3 Å². The van der Waals surface area contributed by atoms with Gasteiger partial charge in [0.05, 0.1) is 11.1 Å². The number of imide groups is 1. The molecule has 0 fully saturated rings. The molecule has 1 unspecified atom stereocenters. The Morgan fingerprint density at radius 3 is 2.18 bits per heavy atom. The Morgan fingerprint density at radius 1 is 1.06 bits per heavy atom. The van der Waals surface area contributed by atoms with Gasteiger partial charge in [0, 0.05) is 31.5 Å². The molecule has 2 heterocycles. The molecule has 0 aliphatic carbocycles. The zero-order valence-electron chi connectivity index (χ0n) is 20.1. The van der Waals surface area contributed by atoms with Gasteiger partial charge in [0.1, 0.15) is 12.3 Å². The van der Waals surface area contributed by atoms with Crippen LogP contribution in [0.3, 0.4) is 0 Å². The van der Waals surface area contributed by atoms with Crippen LogP contribution in [0.15, 0.2) is 18.5 Å². The lowest BCUT2D eigenvalue weighted by molar-refractivity contribution is -0.131. The van der Waals surface area contributed by atoms with Crippen molar-refractivity contribution >= 4 is 48.0 Å². The van der Waals surface area contributed by atoms with Crippen LogP contribution in [0.4, 0.5) is 0 Å². The first-order valence-electron chi connectivity index (χ1n) is 11.0. The first kappa shape index (κ1) is 29.9. The van der Waals surface area contributed by atoms with Crippen LogP contribution in [-0.2, 0) is 14.2 Å². The Kier molecular flexibility index (Phi) is 11.1.